The normalized spacial score (nSPS) is 15.8. The van der Waals surface area contributed by atoms with Gasteiger partial charge in [-0.1, -0.05) is 49.2 Å². The molecule has 1 fully saturated rings. The number of hydrogen-bond acceptors (Lipinski definition) is 7. The largest absolute Gasteiger partial charge is 0.393 e. The van der Waals surface area contributed by atoms with Gasteiger partial charge in [0.25, 0.3) is 0 Å². The standard InChI is InChI=1S/C18H22N6S/c19-15-16(22-12-7-3-1-2-4-8-12)20-11-21-17(15)24-18-23-13-9-5-6-10-14(13)25-18/h5-6,9-12H,1-4,7-8,19H2,(H2,20,21,22,23,24). The van der Waals surface area contributed by atoms with Gasteiger partial charge in [0.2, 0.25) is 0 Å². The lowest BCUT2D eigenvalue weighted by Crippen LogP contribution is -2.20. The van der Waals surface area contributed by atoms with Crippen LogP contribution in [0.4, 0.5) is 22.5 Å². The third-order valence-corrected chi connectivity index (χ3v) is 5.55. The number of aromatic nitrogens is 3. The Morgan fingerprint density at radius 2 is 1.76 bits per heavy atom. The van der Waals surface area contributed by atoms with Crippen molar-refractivity contribution < 1.29 is 0 Å². The van der Waals surface area contributed by atoms with Crippen molar-refractivity contribution in [3.8, 4) is 0 Å². The Labute approximate surface area is 150 Å². The quantitative estimate of drug-likeness (QED) is 0.596. The Morgan fingerprint density at radius 3 is 2.56 bits per heavy atom. The van der Waals surface area contributed by atoms with E-state index in [4.69, 9.17) is 5.73 Å². The van der Waals surface area contributed by atoms with Gasteiger partial charge in [-0.2, -0.15) is 0 Å². The zero-order chi connectivity index (χ0) is 17.1. The molecule has 3 aromatic rings. The molecule has 0 aliphatic heterocycles. The molecule has 0 amide bonds. The highest BCUT2D eigenvalue weighted by Gasteiger charge is 2.16. The first-order valence-electron chi connectivity index (χ1n) is 8.79. The van der Waals surface area contributed by atoms with Crippen LogP contribution in [0.15, 0.2) is 30.6 Å². The number of anilines is 4. The molecule has 6 nitrogen and oxygen atoms in total. The van der Waals surface area contributed by atoms with Crippen molar-refractivity contribution in [2.75, 3.05) is 16.4 Å². The molecule has 2 aromatic heterocycles. The highest BCUT2D eigenvalue weighted by Crippen LogP contribution is 2.31. The number of nitrogens with zero attached hydrogens (tertiary/aromatic N) is 3. The maximum absolute atomic E-state index is 6.31. The number of thiazole rings is 1. The van der Waals surface area contributed by atoms with Crippen LogP contribution in [0.3, 0.4) is 0 Å². The van der Waals surface area contributed by atoms with Crippen LogP contribution in [0.25, 0.3) is 10.2 Å². The predicted molar refractivity (Wildman–Crippen MR) is 104 cm³/mol. The minimum atomic E-state index is 0.440. The second kappa shape index (κ2) is 7.23. The molecule has 4 rings (SSSR count). The number of benzene rings is 1. The van der Waals surface area contributed by atoms with Gasteiger partial charge in [-0.15, -0.1) is 0 Å². The molecule has 0 radical (unpaired) electrons. The number of nitrogens with two attached hydrogens (primary N) is 1. The fourth-order valence-electron chi connectivity index (χ4n) is 3.25. The summed E-state index contributed by atoms with van der Waals surface area (Å²) < 4.78 is 1.13. The maximum atomic E-state index is 6.31. The summed E-state index contributed by atoms with van der Waals surface area (Å²) in [6, 6.07) is 8.49. The van der Waals surface area contributed by atoms with Crippen LogP contribution < -0.4 is 16.4 Å². The molecule has 1 saturated carbocycles. The molecule has 1 aliphatic rings. The van der Waals surface area contributed by atoms with Gasteiger partial charge in [0.05, 0.1) is 10.2 Å². The van der Waals surface area contributed by atoms with Crippen molar-refractivity contribution in [2.24, 2.45) is 0 Å². The summed E-state index contributed by atoms with van der Waals surface area (Å²) in [5.41, 5.74) is 7.83. The predicted octanol–water partition coefficient (Wildman–Crippen LogP) is 4.55. The van der Waals surface area contributed by atoms with Crippen LogP contribution in [0.5, 0.6) is 0 Å². The minimum Gasteiger partial charge on any atom is -0.393 e. The van der Waals surface area contributed by atoms with Gasteiger partial charge in [-0.3, -0.25) is 0 Å². The molecule has 25 heavy (non-hydrogen) atoms. The van der Waals surface area contributed by atoms with Crippen LogP contribution in [0.2, 0.25) is 0 Å². The first-order valence-corrected chi connectivity index (χ1v) is 9.61. The first kappa shape index (κ1) is 16.1. The van der Waals surface area contributed by atoms with E-state index in [1.807, 2.05) is 18.2 Å². The molecule has 130 valence electrons. The van der Waals surface area contributed by atoms with Crippen LogP contribution >= 0.6 is 11.3 Å². The van der Waals surface area contributed by atoms with Gasteiger partial charge in [-0.25, -0.2) is 15.0 Å². The molecular weight excluding hydrogens is 332 g/mol. The Balaban J connectivity index is 1.53. The SMILES string of the molecule is Nc1c(Nc2nc3ccccc3s2)ncnc1NC1CCCCCC1. The average molecular weight is 354 g/mol. The molecule has 0 atom stereocenters. The third-order valence-electron chi connectivity index (χ3n) is 4.60. The van der Waals surface area contributed by atoms with E-state index in [1.165, 1.54) is 38.5 Å². The highest BCUT2D eigenvalue weighted by atomic mass is 32.1. The van der Waals surface area contributed by atoms with Crippen molar-refractivity contribution in [2.45, 2.75) is 44.6 Å². The van der Waals surface area contributed by atoms with E-state index < -0.39 is 0 Å². The van der Waals surface area contributed by atoms with E-state index >= 15 is 0 Å². The summed E-state index contributed by atoms with van der Waals surface area (Å²) in [6.45, 7) is 0. The summed E-state index contributed by atoms with van der Waals surface area (Å²) in [7, 11) is 0. The van der Waals surface area contributed by atoms with E-state index in [-0.39, 0.29) is 0 Å². The number of nitrogen functional groups attached to an aromatic ring is 1. The lowest BCUT2D eigenvalue weighted by atomic mass is 10.1. The van der Waals surface area contributed by atoms with Crippen molar-refractivity contribution in [3.63, 3.8) is 0 Å². The van der Waals surface area contributed by atoms with Crippen molar-refractivity contribution in [1.29, 1.82) is 0 Å². The molecule has 1 aromatic carbocycles. The molecule has 0 bridgehead atoms. The topological polar surface area (TPSA) is 88.8 Å². The van der Waals surface area contributed by atoms with Gasteiger partial charge < -0.3 is 16.4 Å². The second-order valence-corrected chi connectivity index (χ2v) is 7.46. The smallest absolute Gasteiger partial charge is 0.189 e. The monoisotopic (exact) mass is 354 g/mol. The number of nitrogens with one attached hydrogen (secondary N) is 2. The fourth-order valence-corrected chi connectivity index (χ4v) is 4.12. The lowest BCUT2D eigenvalue weighted by Gasteiger charge is -2.18. The maximum Gasteiger partial charge on any atom is 0.189 e. The first-order chi connectivity index (χ1) is 12.3. The summed E-state index contributed by atoms with van der Waals surface area (Å²) in [4.78, 5) is 13.2. The molecule has 7 heteroatoms. The van der Waals surface area contributed by atoms with Crippen LogP contribution in [0.1, 0.15) is 38.5 Å². The van der Waals surface area contributed by atoms with E-state index in [0.717, 1.165) is 15.3 Å². The lowest BCUT2D eigenvalue weighted by molar-refractivity contribution is 0.618. The molecule has 0 spiro atoms. The number of para-hydroxylation sites is 1. The summed E-state index contributed by atoms with van der Waals surface area (Å²) in [5, 5.41) is 7.54. The Morgan fingerprint density at radius 1 is 1.00 bits per heavy atom. The van der Waals surface area contributed by atoms with Gasteiger partial charge in [0, 0.05) is 6.04 Å². The zero-order valence-corrected chi connectivity index (χ0v) is 14.9. The fraction of sp³-hybridized carbons (Fsp3) is 0.389. The van der Waals surface area contributed by atoms with Gasteiger partial charge in [0.1, 0.15) is 12.0 Å². The second-order valence-electron chi connectivity index (χ2n) is 6.43. The van der Waals surface area contributed by atoms with E-state index in [9.17, 15) is 0 Å². The number of fused-ring (bicyclic) bond motifs is 1. The Kier molecular flexibility index (Phi) is 4.65. The van der Waals surface area contributed by atoms with Crippen LogP contribution in [-0.2, 0) is 0 Å². The van der Waals surface area contributed by atoms with Crippen LogP contribution in [0, 0.1) is 0 Å². The average Bonchev–Trinajstić information content (AvgIpc) is 2.85. The molecular formula is C18H22N6S. The van der Waals surface area contributed by atoms with Gasteiger partial charge in [-0.05, 0) is 25.0 Å². The van der Waals surface area contributed by atoms with E-state index in [0.29, 0.717) is 23.4 Å². The molecule has 2 heterocycles. The van der Waals surface area contributed by atoms with E-state index in [2.05, 4.69) is 31.7 Å². The van der Waals surface area contributed by atoms with E-state index in [1.54, 1.807) is 17.7 Å². The summed E-state index contributed by atoms with van der Waals surface area (Å²) >= 11 is 1.59. The highest BCUT2D eigenvalue weighted by molar-refractivity contribution is 7.22. The molecule has 1 aliphatic carbocycles. The molecule has 0 unspecified atom stereocenters. The third kappa shape index (κ3) is 3.66. The minimum absolute atomic E-state index is 0.440. The summed E-state index contributed by atoms with van der Waals surface area (Å²) in [6.07, 6.45) is 9.06. The van der Waals surface area contributed by atoms with Crippen molar-refractivity contribution in [3.05, 3.63) is 30.6 Å². The molecule has 0 saturated heterocycles. The Hall–Kier alpha value is -2.41. The van der Waals surface area contributed by atoms with Crippen molar-refractivity contribution in [1.82, 2.24) is 15.0 Å². The Bertz CT molecular complexity index is 821. The van der Waals surface area contributed by atoms with Gasteiger partial charge in [0.15, 0.2) is 16.8 Å². The van der Waals surface area contributed by atoms with Crippen molar-refractivity contribution >= 4 is 44.0 Å². The number of rotatable bonds is 4. The molecule has 4 N–H and O–H groups in total. The van der Waals surface area contributed by atoms with Crippen LogP contribution in [-0.4, -0.2) is 21.0 Å². The number of hydrogen-bond donors (Lipinski definition) is 3. The van der Waals surface area contributed by atoms with Gasteiger partial charge >= 0.3 is 0 Å². The zero-order valence-electron chi connectivity index (χ0n) is 14.0. The summed E-state index contributed by atoms with van der Waals surface area (Å²) in [5.74, 6) is 1.32.